The Bertz CT molecular complexity index is 1250. The average Bonchev–Trinajstić information content (AvgIpc) is 3.18. The summed E-state index contributed by atoms with van der Waals surface area (Å²) in [5, 5.41) is 8.35. The number of hydrogen-bond donors (Lipinski definition) is 2. The number of methoxy groups -OCH3 is 1. The van der Waals surface area contributed by atoms with Gasteiger partial charge in [-0.05, 0) is 54.2 Å². The van der Waals surface area contributed by atoms with Crippen LogP contribution in [0.25, 0.3) is 11.4 Å². The zero-order chi connectivity index (χ0) is 22.5. The van der Waals surface area contributed by atoms with Gasteiger partial charge in [-0.3, -0.25) is 0 Å². The summed E-state index contributed by atoms with van der Waals surface area (Å²) in [6.07, 6.45) is 0. The van der Waals surface area contributed by atoms with Crippen molar-refractivity contribution in [3.63, 3.8) is 0 Å². The Morgan fingerprint density at radius 1 is 1.00 bits per heavy atom. The third kappa shape index (κ3) is 4.91. The molecule has 1 aromatic heterocycles. The number of aromatic amines is 1. The fraction of sp³-hybridized carbons (Fsp3) is 0.130. The number of nitrogens with zero attached hydrogens (tertiary/aromatic N) is 2. The molecule has 164 valence electrons. The van der Waals surface area contributed by atoms with E-state index in [9.17, 15) is 0 Å². The number of ether oxygens (including phenoxy) is 2. The van der Waals surface area contributed by atoms with E-state index in [1.54, 1.807) is 23.9 Å². The van der Waals surface area contributed by atoms with Crippen molar-refractivity contribution in [1.82, 2.24) is 14.9 Å². The first-order chi connectivity index (χ1) is 15.6. The van der Waals surface area contributed by atoms with E-state index in [0.29, 0.717) is 39.5 Å². The molecule has 0 atom stereocenters. The van der Waals surface area contributed by atoms with Crippen LogP contribution in [-0.2, 0) is 13.2 Å². The van der Waals surface area contributed by atoms with E-state index in [2.05, 4.69) is 15.6 Å². The van der Waals surface area contributed by atoms with E-state index in [-0.39, 0.29) is 0 Å². The molecule has 0 saturated heterocycles. The summed E-state index contributed by atoms with van der Waals surface area (Å²) in [5.74, 6) is 2.08. The van der Waals surface area contributed by atoms with Gasteiger partial charge < -0.3 is 14.9 Å². The Morgan fingerprint density at radius 3 is 2.44 bits per heavy atom. The molecule has 2 N–H and O–H groups in total. The molecule has 0 fully saturated rings. The number of halogens is 2. The van der Waals surface area contributed by atoms with Crippen LogP contribution < -0.4 is 14.9 Å². The maximum absolute atomic E-state index is 6.20. The van der Waals surface area contributed by atoms with Gasteiger partial charge in [-0.1, -0.05) is 53.5 Å². The summed E-state index contributed by atoms with van der Waals surface area (Å²) in [4.78, 5) is 0. The molecule has 6 nitrogen and oxygen atoms in total. The average molecular weight is 487 g/mol. The van der Waals surface area contributed by atoms with Crippen molar-refractivity contribution < 1.29 is 9.47 Å². The summed E-state index contributed by atoms with van der Waals surface area (Å²) in [7, 11) is 1.63. The molecule has 0 aliphatic rings. The van der Waals surface area contributed by atoms with E-state index < -0.39 is 0 Å². The zero-order valence-electron chi connectivity index (χ0n) is 17.1. The van der Waals surface area contributed by atoms with Crippen LogP contribution in [0.3, 0.4) is 0 Å². The highest BCUT2D eigenvalue weighted by molar-refractivity contribution is 7.71. The van der Waals surface area contributed by atoms with Gasteiger partial charge in [-0.25, -0.2) is 9.77 Å². The smallest absolute Gasteiger partial charge is 0.214 e. The van der Waals surface area contributed by atoms with Crippen LogP contribution in [-0.4, -0.2) is 22.0 Å². The Morgan fingerprint density at radius 2 is 1.72 bits per heavy atom. The summed E-state index contributed by atoms with van der Waals surface area (Å²) in [5.41, 5.74) is 5.95. The topological polar surface area (TPSA) is 64.1 Å². The molecular weight excluding hydrogens is 467 g/mol. The fourth-order valence-electron chi connectivity index (χ4n) is 3.15. The maximum atomic E-state index is 6.20. The third-order valence-corrected chi connectivity index (χ3v) is 5.81. The second-order valence-electron chi connectivity index (χ2n) is 6.86. The number of hydrogen-bond acceptors (Lipinski definition) is 5. The highest BCUT2D eigenvalue weighted by Gasteiger charge is 2.13. The van der Waals surface area contributed by atoms with Crippen molar-refractivity contribution in [3.05, 3.63) is 92.7 Å². The largest absolute Gasteiger partial charge is 0.496 e. The van der Waals surface area contributed by atoms with E-state index >= 15 is 0 Å². The van der Waals surface area contributed by atoms with Crippen LogP contribution in [0, 0.1) is 4.77 Å². The number of aromatic nitrogens is 3. The molecule has 4 aromatic rings. The van der Waals surface area contributed by atoms with Crippen molar-refractivity contribution in [2.45, 2.75) is 13.2 Å². The molecule has 4 rings (SSSR count). The second kappa shape index (κ2) is 10.1. The summed E-state index contributed by atoms with van der Waals surface area (Å²) < 4.78 is 13.5. The van der Waals surface area contributed by atoms with Gasteiger partial charge in [0.15, 0.2) is 5.82 Å². The van der Waals surface area contributed by atoms with Crippen LogP contribution in [0.4, 0.5) is 0 Å². The second-order valence-corrected chi connectivity index (χ2v) is 8.06. The van der Waals surface area contributed by atoms with Crippen molar-refractivity contribution in [1.29, 1.82) is 0 Å². The molecule has 0 saturated carbocycles. The van der Waals surface area contributed by atoms with E-state index in [0.717, 1.165) is 22.4 Å². The van der Waals surface area contributed by atoms with Crippen LogP contribution in [0.2, 0.25) is 10.0 Å². The molecule has 1 heterocycles. The van der Waals surface area contributed by atoms with Crippen LogP contribution in [0.1, 0.15) is 11.1 Å². The van der Waals surface area contributed by atoms with Crippen molar-refractivity contribution in [2.24, 2.45) is 0 Å². The Hall–Kier alpha value is -3.00. The molecule has 3 aromatic carbocycles. The fourth-order valence-corrected chi connectivity index (χ4v) is 3.86. The molecule has 9 heteroatoms. The lowest BCUT2D eigenvalue weighted by Crippen LogP contribution is -2.16. The lowest BCUT2D eigenvalue weighted by Gasteiger charge is -2.13. The summed E-state index contributed by atoms with van der Waals surface area (Å²) >= 11 is 17.8. The minimum Gasteiger partial charge on any atom is -0.496 e. The van der Waals surface area contributed by atoms with Crippen molar-refractivity contribution in [3.8, 4) is 22.9 Å². The Labute approximate surface area is 200 Å². The maximum Gasteiger partial charge on any atom is 0.214 e. The summed E-state index contributed by atoms with van der Waals surface area (Å²) in [6.45, 7) is 0.829. The quantitative estimate of drug-likeness (QED) is 0.288. The lowest BCUT2D eigenvalue weighted by atomic mass is 10.2. The first-order valence-corrected chi connectivity index (χ1v) is 10.9. The van der Waals surface area contributed by atoms with Gasteiger partial charge in [0.1, 0.15) is 18.1 Å². The van der Waals surface area contributed by atoms with Gasteiger partial charge >= 0.3 is 0 Å². The van der Waals surface area contributed by atoms with Crippen molar-refractivity contribution >= 4 is 35.4 Å². The molecule has 0 aliphatic heterocycles. The predicted octanol–water partition coefficient (Wildman–Crippen LogP) is 6.25. The van der Waals surface area contributed by atoms with Gasteiger partial charge in [-0.2, -0.15) is 5.10 Å². The number of nitrogens with one attached hydrogen (secondary N) is 2. The third-order valence-electron chi connectivity index (χ3n) is 4.83. The molecule has 0 unspecified atom stereocenters. The van der Waals surface area contributed by atoms with E-state index in [1.165, 1.54) is 0 Å². The first kappa shape index (κ1) is 22.2. The zero-order valence-corrected chi connectivity index (χ0v) is 19.5. The Kier molecular flexibility index (Phi) is 6.99. The SMILES string of the molecule is COc1ccccc1-c1n[nH]c(=S)n1NCc1ccc(OCc2c(Cl)cccc2Cl)cc1. The molecule has 0 bridgehead atoms. The van der Waals surface area contributed by atoms with Crippen LogP contribution in [0.5, 0.6) is 11.5 Å². The molecular formula is C23H20Cl2N4O2S. The molecule has 0 amide bonds. The highest BCUT2D eigenvalue weighted by Crippen LogP contribution is 2.28. The number of para-hydroxylation sites is 1. The molecule has 0 radical (unpaired) electrons. The van der Waals surface area contributed by atoms with Crippen LogP contribution in [0.15, 0.2) is 66.7 Å². The minimum atomic E-state index is 0.294. The summed E-state index contributed by atoms with van der Waals surface area (Å²) in [6, 6.07) is 20.8. The van der Waals surface area contributed by atoms with Gasteiger partial charge in [0, 0.05) is 15.6 Å². The lowest BCUT2D eigenvalue weighted by molar-refractivity contribution is 0.306. The number of H-pyrrole nitrogens is 1. The molecule has 0 spiro atoms. The van der Waals surface area contributed by atoms with Gasteiger partial charge in [0.05, 0.1) is 19.2 Å². The Balaban J connectivity index is 1.43. The van der Waals surface area contributed by atoms with Gasteiger partial charge in [0.25, 0.3) is 0 Å². The normalized spacial score (nSPS) is 10.7. The number of benzene rings is 3. The standard InChI is InChI=1S/C23H20Cl2N4O2S/c1-30-21-8-3-2-5-17(21)22-27-28-23(32)29(22)26-13-15-9-11-16(12-10-15)31-14-18-19(24)6-4-7-20(18)25/h2-12,26H,13-14H2,1H3,(H,28,32). The first-order valence-electron chi connectivity index (χ1n) is 9.76. The monoisotopic (exact) mass is 486 g/mol. The van der Waals surface area contributed by atoms with Crippen molar-refractivity contribution in [2.75, 3.05) is 12.5 Å². The van der Waals surface area contributed by atoms with E-state index in [4.69, 9.17) is 44.9 Å². The minimum absolute atomic E-state index is 0.294. The number of rotatable bonds is 8. The highest BCUT2D eigenvalue weighted by atomic mass is 35.5. The van der Waals surface area contributed by atoms with E-state index in [1.807, 2.05) is 54.6 Å². The molecule has 32 heavy (non-hydrogen) atoms. The predicted molar refractivity (Wildman–Crippen MR) is 130 cm³/mol. The van der Waals surface area contributed by atoms with Gasteiger partial charge in [0.2, 0.25) is 4.77 Å². The molecule has 0 aliphatic carbocycles. The van der Waals surface area contributed by atoms with Crippen LogP contribution >= 0.6 is 35.4 Å². The van der Waals surface area contributed by atoms with Gasteiger partial charge in [-0.15, -0.1) is 0 Å².